The Balaban J connectivity index is 3.05. The fourth-order valence-electron chi connectivity index (χ4n) is 1.17. The normalized spacial score (nSPS) is 13.6. The maximum atomic E-state index is 13.4. The van der Waals surface area contributed by atoms with Crippen molar-refractivity contribution in [3.8, 4) is 0 Å². The van der Waals surface area contributed by atoms with Gasteiger partial charge in [0, 0.05) is 19.3 Å². The molecule has 1 atom stereocenters. The molecule has 1 unspecified atom stereocenters. The molecule has 18 heavy (non-hydrogen) atoms. The highest BCUT2D eigenvalue weighted by Gasteiger charge is 2.23. The van der Waals surface area contributed by atoms with Gasteiger partial charge in [0.1, 0.15) is 4.90 Å². The van der Waals surface area contributed by atoms with Crippen molar-refractivity contribution in [2.45, 2.75) is 17.9 Å². The molecule has 1 aromatic carbocycles. The number of ether oxygens (including phenoxy) is 1. The van der Waals surface area contributed by atoms with E-state index < -0.39 is 32.7 Å². The minimum absolute atomic E-state index is 0.0608. The average molecular weight is 280 g/mol. The largest absolute Gasteiger partial charge is 0.399 e. The molecule has 1 rings (SSSR count). The zero-order valence-corrected chi connectivity index (χ0v) is 10.7. The highest BCUT2D eigenvalue weighted by Crippen LogP contribution is 2.20. The van der Waals surface area contributed by atoms with Gasteiger partial charge in [-0.15, -0.1) is 0 Å². The quantitative estimate of drug-likeness (QED) is 0.784. The third-order valence-corrected chi connectivity index (χ3v) is 3.69. The van der Waals surface area contributed by atoms with Crippen molar-refractivity contribution in [3.63, 3.8) is 0 Å². The Morgan fingerprint density at radius 3 is 2.61 bits per heavy atom. The van der Waals surface area contributed by atoms with E-state index in [2.05, 4.69) is 4.72 Å². The number of anilines is 1. The summed E-state index contributed by atoms with van der Waals surface area (Å²) in [5, 5.41) is 0. The van der Waals surface area contributed by atoms with Gasteiger partial charge in [0.15, 0.2) is 11.6 Å². The molecule has 0 aliphatic heterocycles. The van der Waals surface area contributed by atoms with Gasteiger partial charge in [-0.3, -0.25) is 0 Å². The zero-order chi connectivity index (χ0) is 13.9. The second-order valence-electron chi connectivity index (χ2n) is 3.71. The molecule has 0 saturated heterocycles. The molecule has 5 nitrogen and oxygen atoms in total. The first-order valence-electron chi connectivity index (χ1n) is 5.05. The summed E-state index contributed by atoms with van der Waals surface area (Å²) in [5.41, 5.74) is 5.11. The lowest BCUT2D eigenvalue weighted by Gasteiger charge is -2.12. The number of hydrogen-bond acceptors (Lipinski definition) is 4. The lowest BCUT2D eigenvalue weighted by Crippen LogP contribution is -2.32. The van der Waals surface area contributed by atoms with Crippen LogP contribution in [0.25, 0.3) is 0 Å². The molecule has 0 saturated carbocycles. The number of sulfonamides is 1. The standard InChI is InChI=1S/C10H14F2N2O3S/c1-6(17-2)5-14-18(15,16)9-4-7(13)3-8(11)10(9)12/h3-4,6,14H,5,13H2,1-2H3. The Hall–Kier alpha value is -1.25. The summed E-state index contributed by atoms with van der Waals surface area (Å²) in [6.07, 6.45) is -0.395. The van der Waals surface area contributed by atoms with Crippen LogP contribution in [0.2, 0.25) is 0 Å². The molecule has 0 aliphatic rings. The molecule has 0 spiro atoms. The van der Waals surface area contributed by atoms with Crippen LogP contribution in [0.15, 0.2) is 17.0 Å². The molecule has 0 bridgehead atoms. The SMILES string of the molecule is COC(C)CNS(=O)(=O)c1cc(N)cc(F)c1F. The van der Waals surface area contributed by atoms with E-state index in [9.17, 15) is 17.2 Å². The minimum Gasteiger partial charge on any atom is -0.399 e. The van der Waals surface area contributed by atoms with E-state index in [4.69, 9.17) is 10.5 Å². The number of halogens is 2. The van der Waals surface area contributed by atoms with Gasteiger partial charge in [-0.2, -0.15) is 0 Å². The van der Waals surface area contributed by atoms with Crippen LogP contribution in [0.4, 0.5) is 14.5 Å². The van der Waals surface area contributed by atoms with Gasteiger partial charge in [-0.1, -0.05) is 0 Å². The average Bonchev–Trinajstić information content (AvgIpc) is 2.30. The molecule has 0 aromatic heterocycles. The van der Waals surface area contributed by atoms with Gasteiger partial charge in [0.2, 0.25) is 10.0 Å². The fourth-order valence-corrected chi connectivity index (χ4v) is 2.40. The van der Waals surface area contributed by atoms with Crippen LogP contribution in [-0.2, 0) is 14.8 Å². The molecule has 0 amide bonds. The highest BCUT2D eigenvalue weighted by molar-refractivity contribution is 7.89. The molecule has 0 aliphatic carbocycles. The lowest BCUT2D eigenvalue weighted by molar-refractivity contribution is 0.122. The first-order valence-corrected chi connectivity index (χ1v) is 6.53. The smallest absolute Gasteiger partial charge is 0.243 e. The van der Waals surface area contributed by atoms with Crippen molar-refractivity contribution in [3.05, 3.63) is 23.8 Å². The van der Waals surface area contributed by atoms with E-state index in [1.165, 1.54) is 7.11 Å². The van der Waals surface area contributed by atoms with Crippen molar-refractivity contribution < 1.29 is 21.9 Å². The third-order valence-electron chi connectivity index (χ3n) is 2.27. The molecular formula is C10H14F2N2O3S. The number of benzene rings is 1. The van der Waals surface area contributed by atoms with E-state index >= 15 is 0 Å². The number of methoxy groups -OCH3 is 1. The van der Waals surface area contributed by atoms with E-state index in [1.807, 2.05) is 0 Å². The van der Waals surface area contributed by atoms with Crippen molar-refractivity contribution in [2.24, 2.45) is 0 Å². The maximum absolute atomic E-state index is 13.4. The summed E-state index contributed by atoms with van der Waals surface area (Å²) in [5.74, 6) is -2.77. The van der Waals surface area contributed by atoms with Crippen LogP contribution in [-0.4, -0.2) is 28.2 Å². The molecule has 0 heterocycles. The van der Waals surface area contributed by atoms with Gasteiger partial charge in [-0.05, 0) is 19.1 Å². The van der Waals surface area contributed by atoms with E-state index in [-0.39, 0.29) is 12.2 Å². The number of nitrogens with one attached hydrogen (secondary N) is 1. The van der Waals surface area contributed by atoms with Gasteiger partial charge in [0.05, 0.1) is 6.10 Å². The van der Waals surface area contributed by atoms with E-state index in [0.29, 0.717) is 6.07 Å². The van der Waals surface area contributed by atoms with Gasteiger partial charge >= 0.3 is 0 Å². The Morgan fingerprint density at radius 2 is 2.06 bits per heavy atom. The summed E-state index contributed by atoms with van der Waals surface area (Å²) in [6.45, 7) is 1.56. The monoisotopic (exact) mass is 280 g/mol. The van der Waals surface area contributed by atoms with Crippen LogP contribution < -0.4 is 10.5 Å². The summed E-state index contributed by atoms with van der Waals surface area (Å²) in [6, 6.07) is 1.57. The Bertz CT molecular complexity index is 534. The Labute approximate surface area is 104 Å². The minimum atomic E-state index is -4.17. The number of rotatable bonds is 5. The predicted molar refractivity (Wildman–Crippen MR) is 62.4 cm³/mol. The van der Waals surface area contributed by atoms with Crippen molar-refractivity contribution in [1.82, 2.24) is 4.72 Å². The third kappa shape index (κ3) is 3.37. The Morgan fingerprint density at radius 1 is 1.44 bits per heavy atom. The molecule has 0 fully saturated rings. The predicted octanol–water partition coefficient (Wildman–Crippen LogP) is 0.860. The molecule has 1 aromatic rings. The lowest BCUT2D eigenvalue weighted by atomic mass is 10.3. The van der Waals surface area contributed by atoms with Crippen LogP contribution in [0.5, 0.6) is 0 Å². The van der Waals surface area contributed by atoms with Crippen LogP contribution in [0, 0.1) is 11.6 Å². The highest BCUT2D eigenvalue weighted by atomic mass is 32.2. The number of hydrogen-bond donors (Lipinski definition) is 2. The van der Waals surface area contributed by atoms with E-state index in [1.54, 1.807) is 6.92 Å². The van der Waals surface area contributed by atoms with Gasteiger partial charge < -0.3 is 10.5 Å². The molecule has 3 N–H and O–H groups in total. The number of nitrogen functional groups attached to an aromatic ring is 1. The van der Waals surface area contributed by atoms with Crippen LogP contribution in [0.3, 0.4) is 0 Å². The van der Waals surface area contributed by atoms with Crippen molar-refractivity contribution in [2.75, 3.05) is 19.4 Å². The summed E-state index contributed by atoms with van der Waals surface area (Å²) < 4.78 is 56.9. The van der Waals surface area contributed by atoms with Crippen LogP contribution >= 0.6 is 0 Å². The fraction of sp³-hybridized carbons (Fsp3) is 0.400. The summed E-state index contributed by atoms with van der Waals surface area (Å²) in [4.78, 5) is -0.816. The second-order valence-corrected chi connectivity index (χ2v) is 5.45. The zero-order valence-electron chi connectivity index (χ0n) is 9.91. The van der Waals surface area contributed by atoms with Crippen molar-refractivity contribution >= 4 is 15.7 Å². The number of nitrogens with two attached hydrogens (primary N) is 1. The molecular weight excluding hydrogens is 266 g/mol. The summed E-state index contributed by atoms with van der Waals surface area (Å²) in [7, 11) is -2.76. The first kappa shape index (κ1) is 14.8. The van der Waals surface area contributed by atoms with Gasteiger partial charge in [0.25, 0.3) is 0 Å². The van der Waals surface area contributed by atoms with Crippen molar-refractivity contribution in [1.29, 1.82) is 0 Å². The van der Waals surface area contributed by atoms with E-state index in [0.717, 1.165) is 6.07 Å². The first-order chi connectivity index (χ1) is 8.27. The Kier molecular flexibility index (Phi) is 4.60. The topological polar surface area (TPSA) is 81.4 Å². The van der Waals surface area contributed by atoms with Crippen LogP contribution in [0.1, 0.15) is 6.92 Å². The maximum Gasteiger partial charge on any atom is 0.243 e. The van der Waals surface area contributed by atoms with Gasteiger partial charge in [-0.25, -0.2) is 21.9 Å². The second kappa shape index (κ2) is 5.59. The summed E-state index contributed by atoms with van der Waals surface area (Å²) >= 11 is 0. The molecule has 8 heteroatoms. The molecule has 102 valence electrons. The molecule has 0 radical (unpaired) electrons.